The summed E-state index contributed by atoms with van der Waals surface area (Å²) in [5.41, 5.74) is -2.81. The lowest BCUT2D eigenvalue weighted by Gasteiger charge is -2.42. The molecular formula is C14H21NO5. The number of carbonyl (C=O) groups excluding carboxylic acids is 2. The van der Waals surface area contributed by atoms with E-state index in [2.05, 4.69) is 0 Å². The number of rotatable bonds is 0. The van der Waals surface area contributed by atoms with Gasteiger partial charge in [0, 0.05) is 0 Å². The molecule has 0 aromatic carbocycles. The van der Waals surface area contributed by atoms with E-state index in [9.17, 15) is 25.0 Å². The van der Waals surface area contributed by atoms with Crippen LogP contribution >= 0.6 is 0 Å². The molecule has 3 atom stereocenters. The zero-order valence-corrected chi connectivity index (χ0v) is 11.4. The predicted octanol–water partition coefficient (Wildman–Crippen LogP) is 0.382. The Hall–Kier alpha value is -0.980. The number of Topliss-reactive ketones (excluding diaryl/α,β-unsaturated/α-hetero) is 1. The average molecular weight is 283 g/mol. The first-order valence-electron chi connectivity index (χ1n) is 7.41. The van der Waals surface area contributed by atoms with Gasteiger partial charge in [-0.3, -0.25) is 14.8 Å². The molecule has 112 valence electrons. The van der Waals surface area contributed by atoms with E-state index in [0.717, 1.165) is 19.3 Å². The van der Waals surface area contributed by atoms with E-state index >= 15 is 0 Å². The second-order valence-corrected chi connectivity index (χ2v) is 6.42. The molecule has 6 nitrogen and oxygen atoms in total. The molecule has 0 unspecified atom stereocenters. The molecule has 0 bridgehead atoms. The zero-order chi connectivity index (χ0) is 14.5. The molecule has 3 N–H and O–H groups in total. The van der Waals surface area contributed by atoms with Crippen LogP contribution in [0.15, 0.2) is 0 Å². The lowest BCUT2D eigenvalue weighted by Crippen LogP contribution is -2.63. The van der Waals surface area contributed by atoms with Crippen LogP contribution in [-0.2, 0) is 9.59 Å². The molecule has 0 aromatic heterocycles. The number of hydrogen-bond acceptors (Lipinski definition) is 5. The Balaban J connectivity index is 2.05. The highest BCUT2D eigenvalue weighted by atomic mass is 16.5. The number of aliphatic hydroxyl groups excluding tert-OH is 2. The first-order chi connectivity index (χ1) is 9.47. The van der Waals surface area contributed by atoms with Crippen LogP contribution in [0.2, 0.25) is 0 Å². The Bertz CT molecular complexity index is 445. The van der Waals surface area contributed by atoms with Gasteiger partial charge < -0.3 is 10.2 Å². The Morgan fingerprint density at radius 1 is 1.00 bits per heavy atom. The third kappa shape index (κ3) is 1.50. The number of carbonyl (C=O) groups is 2. The van der Waals surface area contributed by atoms with Gasteiger partial charge >= 0.3 is 0 Å². The molecule has 1 heterocycles. The van der Waals surface area contributed by atoms with E-state index in [1.54, 1.807) is 0 Å². The third-order valence-corrected chi connectivity index (χ3v) is 5.43. The van der Waals surface area contributed by atoms with Crippen molar-refractivity contribution >= 4 is 11.7 Å². The van der Waals surface area contributed by atoms with Crippen molar-refractivity contribution in [3.05, 3.63) is 0 Å². The van der Waals surface area contributed by atoms with Gasteiger partial charge in [-0.05, 0) is 32.1 Å². The van der Waals surface area contributed by atoms with E-state index in [0.29, 0.717) is 30.7 Å². The van der Waals surface area contributed by atoms with Crippen LogP contribution in [-0.4, -0.2) is 49.9 Å². The first kappa shape index (κ1) is 14.0. The normalized spacial score (nSPS) is 40.9. The van der Waals surface area contributed by atoms with Crippen molar-refractivity contribution in [1.82, 2.24) is 5.06 Å². The number of hydroxylamine groups is 2. The van der Waals surface area contributed by atoms with Crippen molar-refractivity contribution in [3.8, 4) is 0 Å². The molecule has 3 rings (SSSR count). The summed E-state index contributed by atoms with van der Waals surface area (Å²) < 4.78 is 0. The molecule has 0 radical (unpaired) electrons. The molecular weight excluding hydrogens is 262 g/mol. The predicted molar refractivity (Wildman–Crippen MR) is 67.8 cm³/mol. The van der Waals surface area contributed by atoms with Crippen LogP contribution in [0.1, 0.15) is 51.4 Å². The largest absolute Gasteiger partial charge is 0.390 e. The van der Waals surface area contributed by atoms with Crippen LogP contribution in [0.5, 0.6) is 0 Å². The minimum Gasteiger partial charge on any atom is -0.390 e. The molecule has 20 heavy (non-hydrogen) atoms. The van der Waals surface area contributed by atoms with Crippen molar-refractivity contribution in [2.75, 3.05) is 0 Å². The van der Waals surface area contributed by atoms with E-state index in [1.807, 2.05) is 0 Å². The molecule has 2 saturated carbocycles. The topological polar surface area (TPSA) is 98.1 Å². The summed E-state index contributed by atoms with van der Waals surface area (Å²) in [4.78, 5) is 25.4. The van der Waals surface area contributed by atoms with Crippen LogP contribution in [0.4, 0.5) is 0 Å². The van der Waals surface area contributed by atoms with Gasteiger partial charge in [-0.25, -0.2) is 5.06 Å². The minimum absolute atomic E-state index is 0.216. The fourth-order valence-corrected chi connectivity index (χ4v) is 4.27. The lowest BCUT2D eigenvalue weighted by molar-refractivity contribution is -0.215. The van der Waals surface area contributed by atoms with E-state index in [-0.39, 0.29) is 12.2 Å². The molecule has 2 aliphatic carbocycles. The summed E-state index contributed by atoms with van der Waals surface area (Å²) in [6, 6.07) is 0. The fraction of sp³-hybridized carbons (Fsp3) is 0.857. The molecule has 0 aromatic rings. The molecule has 3 fully saturated rings. The van der Waals surface area contributed by atoms with Crippen molar-refractivity contribution in [1.29, 1.82) is 0 Å². The van der Waals surface area contributed by atoms with Crippen molar-refractivity contribution < 1.29 is 25.0 Å². The van der Waals surface area contributed by atoms with Crippen LogP contribution in [0.3, 0.4) is 0 Å². The van der Waals surface area contributed by atoms with Crippen molar-refractivity contribution in [2.24, 2.45) is 5.41 Å². The zero-order valence-electron chi connectivity index (χ0n) is 11.4. The Kier molecular flexibility index (Phi) is 3.15. The minimum atomic E-state index is -1.63. The van der Waals surface area contributed by atoms with Crippen LogP contribution < -0.4 is 0 Å². The van der Waals surface area contributed by atoms with E-state index in [4.69, 9.17) is 0 Å². The molecule has 6 heteroatoms. The summed E-state index contributed by atoms with van der Waals surface area (Å²) >= 11 is 0. The molecule has 1 aliphatic heterocycles. The van der Waals surface area contributed by atoms with Gasteiger partial charge in [0.25, 0.3) is 5.91 Å². The van der Waals surface area contributed by atoms with Crippen LogP contribution in [0, 0.1) is 5.41 Å². The smallest absolute Gasteiger partial charge is 0.260 e. The molecule has 1 saturated heterocycles. The number of amides is 1. The van der Waals surface area contributed by atoms with E-state index < -0.39 is 29.1 Å². The summed E-state index contributed by atoms with van der Waals surface area (Å²) in [6.07, 6.45) is 2.03. The third-order valence-electron chi connectivity index (χ3n) is 5.43. The second-order valence-electron chi connectivity index (χ2n) is 6.42. The second kappa shape index (κ2) is 4.51. The summed E-state index contributed by atoms with van der Waals surface area (Å²) in [5.74, 6) is -0.973. The maximum Gasteiger partial charge on any atom is 0.260 e. The van der Waals surface area contributed by atoms with Gasteiger partial charge in [0.15, 0.2) is 11.3 Å². The van der Waals surface area contributed by atoms with Crippen LogP contribution in [0.25, 0.3) is 0 Å². The summed E-state index contributed by atoms with van der Waals surface area (Å²) in [5, 5.41) is 30.8. The maximum atomic E-state index is 12.9. The highest BCUT2D eigenvalue weighted by Gasteiger charge is 2.70. The van der Waals surface area contributed by atoms with Gasteiger partial charge in [-0.2, -0.15) is 0 Å². The summed E-state index contributed by atoms with van der Waals surface area (Å²) in [6.45, 7) is 0. The Morgan fingerprint density at radius 3 is 2.30 bits per heavy atom. The summed E-state index contributed by atoms with van der Waals surface area (Å²) in [7, 11) is 0. The van der Waals surface area contributed by atoms with Crippen molar-refractivity contribution in [3.63, 3.8) is 0 Å². The monoisotopic (exact) mass is 283 g/mol. The fourth-order valence-electron chi connectivity index (χ4n) is 4.27. The van der Waals surface area contributed by atoms with Gasteiger partial charge in [-0.15, -0.1) is 0 Å². The van der Waals surface area contributed by atoms with Crippen molar-refractivity contribution in [2.45, 2.75) is 69.1 Å². The SMILES string of the molecule is O=C1N(O)[C@]2(CCC[C@@H](O)[C@@H]2O)C(=O)C12CCCCC2. The van der Waals surface area contributed by atoms with Gasteiger partial charge in [0.1, 0.15) is 11.5 Å². The number of ketones is 1. The number of hydrogen-bond donors (Lipinski definition) is 3. The maximum absolute atomic E-state index is 12.9. The Labute approximate surface area is 117 Å². The van der Waals surface area contributed by atoms with Gasteiger partial charge in [0.2, 0.25) is 0 Å². The molecule has 3 aliphatic rings. The molecule has 1 amide bonds. The molecule has 2 spiro atoms. The number of aliphatic hydroxyl groups is 2. The van der Waals surface area contributed by atoms with Gasteiger partial charge in [0.05, 0.1) is 6.10 Å². The highest BCUT2D eigenvalue weighted by molar-refractivity contribution is 6.16. The highest BCUT2D eigenvalue weighted by Crippen LogP contribution is 2.52. The van der Waals surface area contributed by atoms with E-state index in [1.165, 1.54) is 0 Å². The Morgan fingerprint density at radius 2 is 1.65 bits per heavy atom. The lowest BCUT2D eigenvalue weighted by atomic mass is 9.65. The number of nitrogens with zero attached hydrogens (tertiary/aromatic N) is 1. The van der Waals surface area contributed by atoms with Gasteiger partial charge in [-0.1, -0.05) is 19.3 Å². The average Bonchev–Trinajstić information content (AvgIpc) is 2.61. The quantitative estimate of drug-likeness (QED) is 0.441. The first-order valence-corrected chi connectivity index (χ1v) is 7.41. The standard InChI is InChI=1S/C14H21NO5/c16-9-5-4-8-14(10(9)17)11(18)13(12(19)15(14)20)6-2-1-3-7-13/h9-10,16-17,20H,1-8H2/t9-,10+,14+/m1/s1.